The predicted octanol–water partition coefficient (Wildman–Crippen LogP) is 4.01. The molecule has 1 aromatic heterocycles. The molecule has 1 N–H and O–H groups in total. The van der Waals surface area contributed by atoms with Crippen molar-refractivity contribution in [1.82, 2.24) is 0 Å². The van der Waals surface area contributed by atoms with Gasteiger partial charge in [0, 0.05) is 14.7 Å². The standard InChI is InChI=1S/C15H15BrO3S/c1-19-13-4-2-3-10(6-13)5-11(15(17)18)7-14-8-12(16)9-20-14/h2-4,6,8-9,11H,5,7H2,1H3,(H,17,18). The molecule has 20 heavy (non-hydrogen) atoms. The molecule has 1 atom stereocenters. The molecule has 3 nitrogen and oxygen atoms in total. The molecule has 0 saturated carbocycles. The van der Waals surface area contributed by atoms with Crippen molar-refractivity contribution in [3.8, 4) is 5.75 Å². The second-order valence-electron chi connectivity index (χ2n) is 4.53. The Hall–Kier alpha value is -1.33. The van der Waals surface area contributed by atoms with Crippen molar-refractivity contribution < 1.29 is 14.6 Å². The quantitative estimate of drug-likeness (QED) is 0.852. The molecule has 0 aliphatic heterocycles. The van der Waals surface area contributed by atoms with Gasteiger partial charge < -0.3 is 9.84 Å². The fourth-order valence-corrected chi connectivity index (χ4v) is 3.57. The van der Waals surface area contributed by atoms with Gasteiger partial charge in [-0.15, -0.1) is 11.3 Å². The zero-order chi connectivity index (χ0) is 14.5. The summed E-state index contributed by atoms with van der Waals surface area (Å²) in [7, 11) is 1.61. The minimum Gasteiger partial charge on any atom is -0.497 e. The van der Waals surface area contributed by atoms with E-state index in [1.807, 2.05) is 35.7 Å². The summed E-state index contributed by atoms with van der Waals surface area (Å²) in [4.78, 5) is 12.5. The highest BCUT2D eigenvalue weighted by Gasteiger charge is 2.19. The van der Waals surface area contributed by atoms with Crippen LogP contribution in [0.4, 0.5) is 0 Å². The molecule has 0 aliphatic carbocycles. The number of carbonyl (C=O) groups is 1. The van der Waals surface area contributed by atoms with Gasteiger partial charge in [0.1, 0.15) is 5.75 Å². The number of hydrogen-bond acceptors (Lipinski definition) is 3. The Labute approximate surface area is 130 Å². The van der Waals surface area contributed by atoms with Crippen LogP contribution in [0, 0.1) is 5.92 Å². The fraction of sp³-hybridized carbons (Fsp3) is 0.267. The summed E-state index contributed by atoms with van der Waals surface area (Å²) in [6.07, 6.45) is 1.05. The van der Waals surface area contributed by atoms with Gasteiger partial charge in [-0.05, 0) is 52.5 Å². The number of carboxylic acids is 1. The maximum atomic E-state index is 11.4. The highest BCUT2D eigenvalue weighted by atomic mass is 79.9. The maximum Gasteiger partial charge on any atom is 0.307 e. The first-order valence-corrected chi connectivity index (χ1v) is 7.84. The van der Waals surface area contributed by atoms with Gasteiger partial charge in [0.15, 0.2) is 0 Å². The average molecular weight is 355 g/mol. The summed E-state index contributed by atoms with van der Waals surface area (Å²) >= 11 is 4.97. The van der Waals surface area contributed by atoms with E-state index >= 15 is 0 Å². The van der Waals surface area contributed by atoms with Crippen molar-refractivity contribution in [3.05, 3.63) is 50.6 Å². The van der Waals surface area contributed by atoms with E-state index in [-0.39, 0.29) is 0 Å². The van der Waals surface area contributed by atoms with E-state index in [1.54, 1.807) is 18.4 Å². The number of benzene rings is 1. The zero-order valence-electron chi connectivity index (χ0n) is 11.0. The molecule has 0 saturated heterocycles. The number of hydrogen-bond donors (Lipinski definition) is 1. The minimum atomic E-state index is -0.766. The van der Waals surface area contributed by atoms with Crippen LogP contribution in [0.5, 0.6) is 5.75 Å². The molecule has 0 radical (unpaired) electrons. The first kappa shape index (κ1) is 15.1. The molecule has 0 aliphatic rings. The van der Waals surface area contributed by atoms with E-state index in [0.717, 1.165) is 20.7 Å². The Bertz CT molecular complexity index is 594. The summed E-state index contributed by atoms with van der Waals surface area (Å²) in [6.45, 7) is 0. The van der Waals surface area contributed by atoms with Crippen molar-refractivity contribution in [3.63, 3.8) is 0 Å². The molecule has 0 amide bonds. The Morgan fingerprint density at radius 3 is 2.80 bits per heavy atom. The summed E-state index contributed by atoms with van der Waals surface area (Å²) in [5.74, 6) is -0.435. The third kappa shape index (κ3) is 4.08. The van der Waals surface area contributed by atoms with Crippen LogP contribution in [0.1, 0.15) is 10.4 Å². The molecule has 0 fully saturated rings. The van der Waals surface area contributed by atoms with Gasteiger partial charge in [0.25, 0.3) is 0 Å². The third-order valence-corrected chi connectivity index (χ3v) is 4.75. The Morgan fingerprint density at radius 1 is 1.40 bits per heavy atom. The van der Waals surface area contributed by atoms with Crippen molar-refractivity contribution >= 4 is 33.2 Å². The Kier molecular flexibility index (Phi) is 5.20. The van der Waals surface area contributed by atoms with Crippen LogP contribution in [0.3, 0.4) is 0 Å². The summed E-state index contributed by atoms with van der Waals surface area (Å²) in [6, 6.07) is 9.54. The van der Waals surface area contributed by atoms with Crippen LogP contribution >= 0.6 is 27.3 Å². The largest absolute Gasteiger partial charge is 0.497 e. The topological polar surface area (TPSA) is 46.5 Å². The van der Waals surface area contributed by atoms with Gasteiger partial charge in [-0.3, -0.25) is 4.79 Å². The first-order chi connectivity index (χ1) is 9.58. The van der Waals surface area contributed by atoms with Crippen LogP contribution in [-0.2, 0) is 17.6 Å². The van der Waals surface area contributed by atoms with Crippen molar-refractivity contribution in [1.29, 1.82) is 0 Å². The van der Waals surface area contributed by atoms with Crippen LogP contribution in [0.25, 0.3) is 0 Å². The molecule has 106 valence electrons. The molecule has 2 aromatic rings. The first-order valence-electron chi connectivity index (χ1n) is 6.17. The highest BCUT2D eigenvalue weighted by molar-refractivity contribution is 9.10. The number of thiophene rings is 1. The van der Waals surface area contributed by atoms with E-state index in [4.69, 9.17) is 4.74 Å². The lowest BCUT2D eigenvalue weighted by Crippen LogP contribution is -2.18. The van der Waals surface area contributed by atoms with E-state index in [2.05, 4.69) is 15.9 Å². The molecular weight excluding hydrogens is 340 g/mol. The SMILES string of the molecule is COc1cccc(CC(Cc2cc(Br)cs2)C(=O)O)c1. The molecular formula is C15H15BrO3S. The van der Waals surface area contributed by atoms with Crippen LogP contribution in [0.15, 0.2) is 40.2 Å². The normalized spacial score (nSPS) is 12.1. The van der Waals surface area contributed by atoms with Crippen molar-refractivity contribution in [2.75, 3.05) is 7.11 Å². The minimum absolute atomic E-state index is 0.423. The second-order valence-corrected chi connectivity index (χ2v) is 6.44. The molecule has 2 rings (SSSR count). The van der Waals surface area contributed by atoms with Crippen LogP contribution < -0.4 is 4.74 Å². The third-order valence-electron chi connectivity index (χ3n) is 3.03. The summed E-state index contributed by atoms with van der Waals surface area (Å²) in [5, 5.41) is 11.4. The molecule has 0 bridgehead atoms. The number of ether oxygens (including phenoxy) is 1. The van der Waals surface area contributed by atoms with Gasteiger partial charge >= 0.3 is 5.97 Å². The van der Waals surface area contributed by atoms with E-state index in [0.29, 0.717) is 12.8 Å². The smallest absolute Gasteiger partial charge is 0.307 e. The lowest BCUT2D eigenvalue weighted by Gasteiger charge is -2.12. The van der Waals surface area contributed by atoms with Crippen LogP contribution in [-0.4, -0.2) is 18.2 Å². The Morgan fingerprint density at radius 2 is 2.20 bits per heavy atom. The second kappa shape index (κ2) is 6.90. The van der Waals surface area contributed by atoms with Crippen molar-refractivity contribution in [2.24, 2.45) is 5.92 Å². The molecule has 5 heteroatoms. The lowest BCUT2D eigenvalue weighted by molar-refractivity contribution is -0.141. The van der Waals surface area contributed by atoms with Gasteiger partial charge in [0.05, 0.1) is 13.0 Å². The highest BCUT2D eigenvalue weighted by Crippen LogP contribution is 2.25. The monoisotopic (exact) mass is 354 g/mol. The zero-order valence-corrected chi connectivity index (χ0v) is 13.4. The van der Waals surface area contributed by atoms with Crippen molar-refractivity contribution in [2.45, 2.75) is 12.8 Å². The van der Waals surface area contributed by atoms with Gasteiger partial charge in [0.2, 0.25) is 0 Å². The number of aliphatic carboxylic acids is 1. The summed E-state index contributed by atoms with van der Waals surface area (Å²) < 4.78 is 6.17. The van der Waals surface area contributed by atoms with Gasteiger partial charge in [-0.25, -0.2) is 0 Å². The molecule has 1 aromatic carbocycles. The Balaban J connectivity index is 2.10. The van der Waals surface area contributed by atoms with E-state index < -0.39 is 11.9 Å². The fourth-order valence-electron chi connectivity index (χ4n) is 2.03. The number of carboxylic acid groups (broad SMARTS) is 1. The van der Waals surface area contributed by atoms with Gasteiger partial charge in [-0.1, -0.05) is 12.1 Å². The van der Waals surface area contributed by atoms with E-state index in [9.17, 15) is 9.90 Å². The maximum absolute atomic E-state index is 11.4. The average Bonchev–Trinajstić information content (AvgIpc) is 2.83. The number of methoxy groups -OCH3 is 1. The lowest BCUT2D eigenvalue weighted by atomic mass is 9.95. The molecule has 1 unspecified atom stereocenters. The molecule has 1 heterocycles. The molecule has 0 spiro atoms. The predicted molar refractivity (Wildman–Crippen MR) is 83.5 cm³/mol. The van der Waals surface area contributed by atoms with Crippen LogP contribution in [0.2, 0.25) is 0 Å². The van der Waals surface area contributed by atoms with E-state index in [1.165, 1.54) is 0 Å². The summed E-state index contributed by atoms with van der Waals surface area (Å²) in [5.41, 5.74) is 0.979. The number of halogens is 1. The number of rotatable bonds is 6. The van der Waals surface area contributed by atoms with Gasteiger partial charge in [-0.2, -0.15) is 0 Å².